The molecule has 0 saturated carbocycles. The van der Waals surface area contributed by atoms with E-state index in [1.807, 2.05) is 30.3 Å². The number of allylic oxidation sites excluding steroid dienone is 2. The van der Waals surface area contributed by atoms with Crippen LogP contribution in [0.3, 0.4) is 0 Å². The fraction of sp³-hybridized carbons (Fsp3) is 0.100. The first-order chi connectivity index (χ1) is 11.0. The summed E-state index contributed by atoms with van der Waals surface area (Å²) < 4.78 is 0. The van der Waals surface area contributed by atoms with Crippen molar-refractivity contribution in [3.63, 3.8) is 0 Å². The monoisotopic (exact) mass is 306 g/mol. The van der Waals surface area contributed by atoms with Crippen LogP contribution in [0.5, 0.6) is 5.75 Å². The lowest BCUT2D eigenvalue weighted by Gasteiger charge is -2.02. The zero-order valence-electron chi connectivity index (χ0n) is 12.9. The zero-order valence-corrected chi connectivity index (χ0v) is 12.9. The fourth-order valence-electron chi connectivity index (χ4n) is 2.05. The minimum absolute atomic E-state index is 0.0551. The predicted molar refractivity (Wildman–Crippen MR) is 91.9 cm³/mol. The van der Waals surface area contributed by atoms with Gasteiger partial charge in [0.2, 0.25) is 0 Å². The van der Waals surface area contributed by atoms with Gasteiger partial charge in [-0.3, -0.25) is 9.59 Å². The second-order valence-electron chi connectivity index (χ2n) is 5.20. The molecule has 2 aromatic rings. The number of phenolic OH excluding ortho intramolecular Hbond substituents is 1. The van der Waals surface area contributed by atoms with E-state index in [9.17, 15) is 14.7 Å². The fourth-order valence-corrected chi connectivity index (χ4v) is 2.05. The number of hydrogen-bond acceptors (Lipinski definition) is 3. The van der Waals surface area contributed by atoms with Gasteiger partial charge in [0.1, 0.15) is 5.75 Å². The molecule has 0 saturated heterocycles. The molecule has 0 aromatic heterocycles. The van der Waals surface area contributed by atoms with Crippen LogP contribution >= 0.6 is 0 Å². The van der Waals surface area contributed by atoms with Gasteiger partial charge in [-0.25, -0.2) is 0 Å². The number of Topliss-reactive ketones (excluding diaryl/α,β-unsaturated/α-hetero) is 1. The van der Waals surface area contributed by atoms with E-state index in [0.717, 1.165) is 11.1 Å². The van der Waals surface area contributed by atoms with Crippen LogP contribution in [0.2, 0.25) is 0 Å². The standard InChI is InChI=1S/C20H18O3/c1-15(21)18(13-17-8-10-19(22)11-9-17)14-20(23)12-7-16-5-3-2-4-6-16/h2-13,22H,14H2,1H3. The van der Waals surface area contributed by atoms with E-state index in [1.165, 1.54) is 13.0 Å². The van der Waals surface area contributed by atoms with Gasteiger partial charge in [0.05, 0.1) is 0 Å². The molecule has 0 aliphatic heterocycles. The van der Waals surface area contributed by atoms with E-state index in [1.54, 1.807) is 36.4 Å². The second kappa shape index (κ2) is 7.90. The summed E-state index contributed by atoms with van der Waals surface area (Å²) in [6, 6.07) is 16.0. The Morgan fingerprint density at radius 1 is 0.957 bits per heavy atom. The average Bonchev–Trinajstić information content (AvgIpc) is 2.55. The number of phenols is 1. The lowest BCUT2D eigenvalue weighted by molar-refractivity contribution is -0.117. The largest absolute Gasteiger partial charge is 0.508 e. The number of carbonyl (C=O) groups excluding carboxylic acids is 2. The number of benzene rings is 2. The van der Waals surface area contributed by atoms with Crippen molar-refractivity contribution >= 4 is 23.7 Å². The summed E-state index contributed by atoms with van der Waals surface area (Å²) >= 11 is 0. The van der Waals surface area contributed by atoms with E-state index < -0.39 is 0 Å². The van der Waals surface area contributed by atoms with Gasteiger partial charge < -0.3 is 5.11 Å². The Morgan fingerprint density at radius 3 is 2.22 bits per heavy atom. The lowest BCUT2D eigenvalue weighted by atomic mass is 10.0. The molecule has 0 spiro atoms. The third-order valence-corrected chi connectivity index (χ3v) is 3.31. The number of carbonyl (C=O) groups is 2. The first-order valence-electron chi connectivity index (χ1n) is 7.31. The van der Waals surface area contributed by atoms with Gasteiger partial charge in [-0.15, -0.1) is 0 Å². The highest BCUT2D eigenvalue weighted by atomic mass is 16.3. The molecule has 0 bridgehead atoms. The van der Waals surface area contributed by atoms with E-state index in [-0.39, 0.29) is 23.7 Å². The smallest absolute Gasteiger partial charge is 0.160 e. The Bertz CT molecular complexity index is 738. The number of ketones is 2. The quantitative estimate of drug-likeness (QED) is 0.820. The second-order valence-corrected chi connectivity index (χ2v) is 5.20. The molecule has 0 aliphatic carbocycles. The molecular formula is C20H18O3. The third-order valence-electron chi connectivity index (χ3n) is 3.31. The van der Waals surface area contributed by atoms with Crippen LogP contribution in [0.1, 0.15) is 24.5 Å². The summed E-state index contributed by atoms with van der Waals surface area (Å²) in [5, 5.41) is 9.27. The van der Waals surface area contributed by atoms with Gasteiger partial charge in [-0.1, -0.05) is 48.5 Å². The minimum atomic E-state index is -0.139. The molecule has 0 amide bonds. The summed E-state index contributed by atoms with van der Waals surface area (Å²) in [5.74, 6) is -0.109. The molecule has 0 fully saturated rings. The molecule has 2 aromatic carbocycles. The predicted octanol–water partition coefficient (Wildman–Crippen LogP) is 4.04. The highest BCUT2D eigenvalue weighted by Crippen LogP contribution is 2.15. The number of rotatable bonds is 6. The third kappa shape index (κ3) is 5.40. The highest BCUT2D eigenvalue weighted by molar-refractivity contribution is 6.06. The molecule has 3 nitrogen and oxygen atoms in total. The zero-order chi connectivity index (χ0) is 16.7. The summed E-state index contributed by atoms with van der Waals surface area (Å²) in [7, 11) is 0. The topological polar surface area (TPSA) is 54.4 Å². The maximum atomic E-state index is 12.1. The molecule has 3 heteroatoms. The van der Waals surface area contributed by atoms with Gasteiger partial charge in [0, 0.05) is 12.0 Å². The maximum absolute atomic E-state index is 12.1. The Morgan fingerprint density at radius 2 is 1.61 bits per heavy atom. The van der Waals surface area contributed by atoms with E-state index in [2.05, 4.69) is 0 Å². The van der Waals surface area contributed by atoms with Crippen molar-refractivity contribution in [2.24, 2.45) is 0 Å². The van der Waals surface area contributed by atoms with Gasteiger partial charge in [-0.2, -0.15) is 0 Å². The van der Waals surface area contributed by atoms with Crippen LogP contribution in [0, 0.1) is 0 Å². The van der Waals surface area contributed by atoms with Crippen molar-refractivity contribution in [1.82, 2.24) is 0 Å². The SMILES string of the molecule is CC(=O)C(=Cc1ccc(O)cc1)CC(=O)C=Cc1ccccc1. The van der Waals surface area contributed by atoms with Crippen molar-refractivity contribution in [1.29, 1.82) is 0 Å². The van der Waals surface area contributed by atoms with Crippen LogP contribution in [-0.4, -0.2) is 16.7 Å². The molecule has 116 valence electrons. The Kier molecular flexibility index (Phi) is 5.64. The summed E-state index contributed by atoms with van der Waals surface area (Å²) in [4.78, 5) is 23.8. The van der Waals surface area contributed by atoms with Crippen molar-refractivity contribution < 1.29 is 14.7 Å². The minimum Gasteiger partial charge on any atom is -0.508 e. The molecule has 2 rings (SSSR count). The normalized spacial score (nSPS) is 11.6. The molecule has 1 N–H and O–H groups in total. The maximum Gasteiger partial charge on any atom is 0.160 e. The first-order valence-corrected chi connectivity index (χ1v) is 7.31. The molecule has 0 heterocycles. The van der Waals surface area contributed by atoms with Crippen molar-refractivity contribution in [2.75, 3.05) is 0 Å². The van der Waals surface area contributed by atoms with Crippen LogP contribution < -0.4 is 0 Å². The van der Waals surface area contributed by atoms with E-state index in [4.69, 9.17) is 0 Å². The molecule has 0 unspecified atom stereocenters. The van der Waals surface area contributed by atoms with Crippen LogP contribution in [0.4, 0.5) is 0 Å². The van der Waals surface area contributed by atoms with Gasteiger partial charge in [0.15, 0.2) is 11.6 Å². The van der Waals surface area contributed by atoms with Crippen LogP contribution in [-0.2, 0) is 9.59 Å². The average molecular weight is 306 g/mol. The van der Waals surface area contributed by atoms with Gasteiger partial charge >= 0.3 is 0 Å². The summed E-state index contributed by atoms with van der Waals surface area (Å²) in [5.41, 5.74) is 2.15. The van der Waals surface area contributed by atoms with Crippen LogP contribution in [0.15, 0.2) is 66.2 Å². The molecular weight excluding hydrogens is 288 g/mol. The Hall–Kier alpha value is -2.94. The Balaban J connectivity index is 2.10. The molecule has 0 aliphatic rings. The molecule has 0 radical (unpaired) electrons. The summed E-state index contributed by atoms with van der Waals surface area (Å²) in [6.45, 7) is 1.44. The molecule has 23 heavy (non-hydrogen) atoms. The first kappa shape index (κ1) is 16.4. The van der Waals surface area contributed by atoms with E-state index in [0.29, 0.717) is 5.57 Å². The van der Waals surface area contributed by atoms with Crippen molar-refractivity contribution in [3.05, 3.63) is 77.4 Å². The van der Waals surface area contributed by atoms with E-state index >= 15 is 0 Å². The van der Waals surface area contributed by atoms with Gasteiger partial charge in [0.25, 0.3) is 0 Å². The van der Waals surface area contributed by atoms with Gasteiger partial charge in [-0.05, 0) is 42.3 Å². The van der Waals surface area contributed by atoms with Crippen molar-refractivity contribution in [3.8, 4) is 5.75 Å². The highest BCUT2D eigenvalue weighted by Gasteiger charge is 2.08. The summed E-state index contributed by atoms with van der Waals surface area (Å²) in [6.07, 6.45) is 4.96. The Labute approximate surface area is 135 Å². The van der Waals surface area contributed by atoms with Crippen molar-refractivity contribution in [2.45, 2.75) is 13.3 Å². The number of hydrogen-bond donors (Lipinski definition) is 1. The number of aromatic hydroxyl groups is 1. The lowest BCUT2D eigenvalue weighted by Crippen LogP contribution is -2.03. The molecule has 0 atom stereocenters. The van der Waals surface area contributed by atoms with Crippen LogP contribution in [0.25, 0.3) is 12.2 Å².